The van der Waals surface area contributed by atoms with Crippen molar-refractivity contribution in [2.45, 2.75) is 46.6 Å². The molecule has 0 saturated carbocycles. The summed E-state index contributed by atoms with van der Waals surface area (Å²) in [6.07, 6.45) is 6.42. The Labute approximate surface area is 140 Å². The topological polar surface area (TPSA) is 70.7 Å². The van der Waals surface area contributed by atoms with Crippen LogP contribution in [0.5, 0.6) is 0 Å². The van der Waals surface area contributed by atoms with Crippen LogP contribution in [-0.4, -0.2) is 15.5 Å². The molecule has 0 saturated heterocycles. The lowest BCUT2D eigenvalue weighted by Crippen LogP contribution is -2.21. The van der Waals surface area contributed by atoms with Crippen molar-refractivity contribution in [3.05, 3.63) is 34.2 Å². The van der Waals surface area contributed by atoms with Crippen molar-refractivity contribution in [3.8, 4) is 6.07 Å². The Hall–Kier alpha value is -2.13. The number of thiophene rings is 1. The van der Waals surface area contributed by atoms with Gasteiger partial charge in [-0.3, -0.25) is 4.79 Å². The number of aryl methyl sites for hydroxylation is 1. The number of hydrogen-bond acceptors (Lipinski definition) is 4. The average Bonchev–Trinajstić information content (AvgIpc) is 3.00. The molecule has 1 amide bonds. The number of aromatic nitrogens is 2. The Morgan fingerprint density at radius 2 is 2.35 bits per heavy atom. The monoisotopic (exact) mass is 328 g/mol. The summed E-state index contributed by atoms with van der Waals surface area (Å²) in [4.78, 5) is 17.6. The van der Waals surface area contributed by atoms with Crippen molar-refractivity contribution in [1.29, 1.82) is 5.26 Å². The van der Waals surface area contributed by atoms with E-state index in [4.69, 9.17) is 0 Å². The fraction of sp³-hybridized carbons (Fsp3) is 0.471. The first kappa shape index (κ1) is 15.8. The van der Waals surface area contributed by atoms with Crippen molar-refractivity contribution in [3.63, 3.8) is 0 Å². The molecule has 0 aromatic carbocycles. The van der Waals surface area contributed by atoms with E-state index in [9.17, 15) is 10.1 Å². The first-order valence-electron chi connectivity index (χ1n) is 7.72. The maximum Gasteiger partial charge on any atom is 0.244 e. The number of carbonyl (C=O) groups excluding carboxylic acids is 1. The minimum atomic E-state index is -0.125. The van der Waals surface area contributed by atoms with E-state index in [0.29, 0.717) is 10.6 Å². The van der Waals surface area contributed by atoms with Crippen LogP contribution in [0, 0.1) is 23.7 Å². The molecule has 1 aliphatic carbocycles. The third-order valence-electron chi connectivity index (χ3n) is 4.38. The number of amides is 1. The summed E-state index contributed by atoms with van der Waals surface area (Å²) in [5, 5.41) is 13.1. The van der Waals surface area contributed by atoms with Gasteiger partial charge < -0.3 is 9.88 Å². The number of imidazole rings is 1. The van der Waals surface area contributed by atoms with Crippen LogP contribution in [0.3, 0.4) is 0 Å². The van der Waals surface area contributed by atoms with Crippen LogP contribution in [0.4, 0.5) is 5.00 Å². The highest BCUT2D eigenvalue weighted by atomic mass is 32.1. The molecule has 0 radical (unpaired) electrons. The van der Waals surface area contributed by atoms with Crippen LogP contribution in [0.25, 0.3) is 0 Å². The van der Waals surface area contributed by atoms with Gasteiger partial charge in [0.05, 0.1) is 5.56 Å². The van der Waals surface area contributed by atoms with Crippen molar-refractivity contribution in [2.75, 3.05) is 5.32 Å². The number of nitrogens with one attached hydrogen (secondary N) is 1. The summed E-state index contributed by atoms with van der Waals surface area (Å²) >= 11 is 1.55. The van der Waals surface area contributed by atoms with Crippen molar-refractivity contribution in [1.82, 2.24) is 9.55 Å². The predicted molar refractivity (Wildman–Crippen MR) is 90.4 cm³/mol. The minimum absolute atomic E-state index is 0.125. The molecule has 5 nitrogen and oxygen atoms in total. The molecule has 0 atom stereocenters. The molecule has 0 bridgehead atoms. The lowest BCUT2D eigenvalue weighted by atomic mass is 9.77. The van der Waals surface area contributed by atoms with E-state index in [1.54, 1.807) is 28.3 Å². The predicted octanol–water partition coefficient (Wildman–Crippen LogP) is 3.28. The van der Waals surface area contributed by atoms with Crippen LogP contribution in [0.15, 0.2) is 12.4 Å². The highest BCUT2D eigenvalue weighted by Gasteiger charge is 2.30. The molecule has 0 spiro atoms. The first-order valence-corrected chi connectivity index (χ1v) is 8.53. The summed E-state index contributed by atoms with van der Waals surface area (Å²) in [6.45, 7) is 6.58. The van der Waals surface area contributed by atoms with Crippen molar-refractivity contribution < 1.29 is 4.79 Å². The quantitative estimate of drug-likeness (QED) is 0.940. The molecule has 23 heavy (non-hydrogen) atoms. The summed E-state index contributed by atoms with van der Waals surface area (Å²) in [7, 11) is 0. The molecule has 0 unspecified atom stereocenters. The highest BCUT2D eigenvalue weighted by Crippen LogP contribution is 2.43. The molecule has 3 rings (SSSR count). The smallest absolute Gasteiger partial charge is 0.244 e. The summed E-state index contributed by atoms with van der Waals surface area (Å²) < 4.78 is 1.79. The Bertz CT molecular complexity index is 794. The second-order valence-electron chi connectivity index (χ2n) is 6.81. The molecule has 6 heteroatoms. The number of hydrogen-bond donors (Lipinski definition) is 1. The zero-order valence-corrected chi connectivity index (χ0v) is 14.5. The Morgan fingerprint density at radius 1 is 1.57 bits per heavy atom. The Balaban J connectivity index is 1.81. The third-order valence-corrected chi connectivity index (χ3v) is 5.53. The Morgan fingerprint density at radius 3 is 3.00 bits per heavy atom. The van der Waals surface area contributed by atoms with Crippen LogP contribution in [0.1, 0.15) is 42.1 Å². The number of nitriles is 1. The number of rotatable bonds is 3. The van der Waals surface area contributed by atoms with Gasteiger partial charge in [0.25, 0.3) is 0 Å². The largest absolute Gasteiger partial charge is 0.326 e. The van der Waals surface area contributed by atoms with Gasteiger partial charge in [-0.2, -0.15) is 5.26 Å². The van der Waals surface area contributed by atoms with Gasteiger partial charge in [-0.1, -0.05) is 13.8 Å². The average molecular weight is 328 g/mol. The summed E-state index contributed by atoms with van der Waals surface area (Å²) in [6, 6.07) is 2.28. The van der Waals surface area contributed by atoms with Gasteiger partial charge in [-0.05, 0) is 37.2 Å². The van der Waals surface area contributed by atoms with Crippen LogP contribution >= 0.6 is 11.3 Å². The summed E-state index contributed by atoms with van der Waals surface area (Å²) in [5.41, 5.74) is 2.04. The Kier molecular flexibility index (Phi) is 3.99. The lowest BCUT2D eigenvalue weighted by Gasteiger charge is -2.29. The van der Waals surface area contributed by atoms with E-state index in [1.165, 1.54) is 4.88 Å². The standard InChI is InChI=1S/C17H20N4OS/c1-11-19-6-7-21(11)10-15(22)20-16-13(9-18)12-4-5-17(2,3)8-14(12)23-16/h6-7H,4-5,8,10H2,1-3H3,(H,20,22). The second kappa shape index (κ2) is 5.82. The molecular formula is C17H20N4OS. The van der Waals surface area contributed by atoms with Gasteiger partial charge in [-0.15, -0.1) is 11.3 Å². The normalized spacial score (nSPS) is 15.7. The molecule has 1 N–H and O–H groups in total. The molecule has 1 aliphatic rings. The minimum Gasteiger partial charge on any atom is -0.326 e. The van der Waals surface area contributed by atoms with E-state index < -0.39 is 0 Å². The van der Waals surface area contributed by atoms with Crippen LogP contribution in [0.2, 0.25) is 0 Å². The van der Waals surface area contributed by atoms with E-state index in [1.807, 2.05) is 6.92 Å². The SMILES string of the molecule is Cc1nccn1CC(=O)Nc1sc2c(c1C#N)CCC(C)(C)C2. The number of anilines is 1. The van der Waals surface area contributed by atoms with Gasteiger partial charge in [-0.25, -0.2) is 4.98 Å². The zero-order chi connectivity index (χ0) is 16.6. The van der Waals surface area contributed by atoms with E-state index in [2.05, 4.69) is 30.2 Å². The fourth-order valence-corrected chi connectivity index (χ4v) is 4.48. The maximum atomic E-state index is 12.3. The van der Waals surface area contributed by atoms with Crippen LogP contribution < -0.4 is 5.32 Å². The van der Waals surface area contributed by atoms with Gasteiger partial charge in [0.1, 0.15) is 23.4 Å². The number of carbonyl (C=O) groups is 1. The maximum absolute atomic E-state index is 12.3. The molecule has 0 fully saturated rings. The molecule has 2 aromatic rings. The van der Waals surface area contributed by atoms with Gasteiger partial charge in [0, 0.05) is 17.3 Å². The number of fused-ring (bicyclic) bond motifs is 1. The van der Waals surface area contributed by atoms with Gasteiger partial charge in [0.2, 0.25) is 5.91 Å². The van der Waals surface area contributed by atoms with Crippen molar-refractivity contribution in [2.24, 2.45) is 5.41 Å². The van der Waals surface area contributed by atoms with Gasteiger partial charge >= 0.3 is 0 Å². The summed E-state index contributed by atoms with van der Waals surface area (Å²) in [5.74, 6) is 0.674. The van der Waals surface area contributed by atoms with Crippen LogP contribution in [-0.2, 0) is 24.2 Å². The first-order chi connectivity index (χ1) is 10.9. The van der Waals surface area contributed by atoms with E-state index in [0.717, 1.165) is 30.7 Å². The third kappa shape index (κ3) is 3.15. The number of nitrogens with zero attached hydrogens (tertiary/aromatic N) is 3. The zero-order valence-electron chi connectivity index (χ0n) is 13.6. The highest BCUT2D eigenvalue weighted by molar-refractivity contribution is 7.16. The van der Waals surface area contributed by atoms with E-state index in [-0.39, 0.29) is 17.9 Å². The molecular weight excluding hydrogens is 308 g/mol. The lowest BCUT2D eigenvalue weighted by molar-refractivity contribution is -0.116. The molecule has 0 aliphatic heterocycles. The van der Waals surface area contributed by atoms with Gasteiger partial charge in [0.15, 0.2) is 0 Å². The fourth-order valence-electron chi connectivity index (χ4n) is 3.00. The van der Waals surface area contributed by atoms with E-state index >= 15 is 0 Å². The molecule has 120 valence electrons. The molecule has 2 aromatic heterocycles. The van der Waals surface area contributed by atoms with Crippen molar-refractivity contribution >= 4 is 22.2 Å². The second-order valence-corrected chi connectivity index (χ2v) is 7.92. The molecule has 2 heterocycles.